The highest BCUT2D eigenvalue weighted by Gasteiger charge is 2.16. The van der Waals surface area contributed by atoms with E-state index in [2.05, 4.69) is 20.4 Å². The quantitative estimate of drug-likeness (QED) is 0.781. The molecule has 1 aliphatic rings. The van der Waals surface area contributed by atoms with Gasteiger partial charge in [0.2, 0.25) is 0 Å². The Balaban J connectivity index is 2.03. The van der Waals surface area contributed by atoms with E-state index in [9.17, 15) is 4.39 Å². The number of anilines is 1. The van der Waals surface area contributed by atoms with Gasteiger partial charge in [-0.1, -0.05) is 0 Å². The van der Waals surface area contributed by atoms with Crippen molar-refractivity contribution in [2.75, 3.05) is 31.1 Å². The van der Waals surface area contributed by atoms with Gasteiger partial charge >= 0.3 is 0 Å². The van der Waals surface area contributed by atoms with Crippen molar-refractivity contribution in [2.24, 2.45) is 0 Å². The summed E-state index contributed by atoms with van der Waals surface area (Å²) in [6, 6.07) is 4.71. The normalized spacial score (nSPS) is 16.9. The summed E-state index contributed by atoms with van der Waals surface area (Å²) >= 11 is 0. The second-order valence-electron chi connectivity index (χ2n) is 3.89. The topological polar surface area (TPSA) is 46.0 Å². The smallest absolute Gasteiger partial charge is 0.158 e. The van der Waals surface area contributed by atoms with E-state index >= 15 is 0 Å². The molecular weight excluding hydrogens is 207 g/mol. The summed E-state index contributed by atoms with van der Waals surface area (Å²) in [6.07, 6.45) is 0. The molecule has 3 rings (SSSR count). The Morgan fingerprint density at radius 3 is 2.88 bits per heavy atom. The Morgan fingerprint density at radius 1 is 1.25 bits per heavy atom. The molecule has 0 amide bonds. The number of rotatable bonds is 1. The molecule has 1 aliphatic heterocycles. The molecule has 1 aromatic carbocycles. The van der Waals surface area contributed by atoms with Crippen LogP contribution in [0.4, 0.5) is 10.2 Å². The van der Waals surface area contributed by atoms with E-state index in [0.717, 1.165) is 42.9 Å². The van der Waals surface area contributed by atoms with Crippen LogP contribution >= 0.6 is 0 Å². The SMILES string of the molecule is Fc1ccc2c(N3CC[N]CC3)n[nH]c2c1. The van der Waals surface area contributed by atoms with Crippen molar-refractivity contribution >= 4 is 16.7 Å². The van der Waals surface area contributed by atoms with Crippen molar-refractivity contribution in [1.82, 2.24) is 15.5 Å². The number of benzene rings is 1. The van der Waals surface area contributed by atoms with Gasteiger partial charge in [-0.3, -0.25) is 5.10 Å². The van der Waals surface area contributed by atoms with Gasteiger partial charge in [0.1, 0.15) is 5.82 Å². The molecule has 1 radical (unpaired) electrons. The van der Waals surface area contributed by atoms with Crippen molar-refractivity contribution in [3.05, 3.63) is 24.0 Å². The van der Waals surface area contributed by atoms with Crippen LogP contribution < -0.4 is 10.2 Å². The summed E-state index contributed by atoms with van der Waals surface area (Å²) in [4.78, 5) is 2.18. The molecule has 0 saturated carbocycles. The fourth-order valence-electron chi connectivity index (χ4n) is 2.04. The molecule has 0 unspecified atom stereocenters. The second kappa shape index (κ2) is 3.75. The Labute approximate surface area is 92.4 Å². The third-order valence-corrected chi connectivity index (χ3v) is 2.86. The number of nitrogens with zero attached hydrogens (tertiary/aromatic N) is 3. The molecule has 2 heterocycles. The van der Waals surface area contributed by atoms with E-state index in [1.165, 1.54) is 12.1 Å². The maximum atomic E-state index is 13.0. The zero-order valence-corrected chi connectivity index (χ0v) is 8.78. The molecule has 1 fully saturated rings. The van der Waals surface area contributed by atoms with Crippen molar-refractivity contribution in [2.45, 2.75) is 0 Å². The molecule has 4 nitrogen and oxygen atoms in total. The number of piperazine rings is 1. The van der Waals surface area contributed by atoms with Crippen LogP contribution in [-0.4, -0.2) is 36.4 Å². The molecule has 83 valence electrons. The van der Waals surface area contributed by atoms with Gasteiger partial charge in [0.25, 0.3) is 0 Å². The van der Waals surface area contributed by atoms with Gasteiger partial charge < -0.3 is 4.90 Å². The molecule has 2 aromatic rings. The first-order chi connectivity index (χ1) is 7.84. The van der Waals surface area contributed by atoms with Crippen molar-refractivity contribution in [3.63, 3.8) is 0 Å². The van der Waals surface area contributed by atoms with Crippen LogP contribution in [0.2, 0.25) is 0 Å². The van der Waals surface area contributed by atoms with Crippen molar-refractivity contribution in [3.8, 4) is 0 Å². The molecule has 0 atom stereocenters. The number of H-pyrrole nitrogens is 1. The first-order valence-corrected chi connectivity index (χ1v) is 5.36. The first-order valence-electron chi connectivity index (χ1n) is 5.36. The van der Waals surface area contributed by atoms with Gasteiger partial charge in [-0.15, -0.1) is 0 Å². The third kappa shape index (κ3) is 1.53. The second-order valence-corrected chi connectivity index (χ2v) is 3.89. The van der Waals surface area contributed by atoms with Crippen LogP contribution in [0, 0.1) is 5.82 Å². The summed E-state index contributed by atoms with van der Waals surface area (Å²) in [6.45, 7) is 3.46. The summed E-state index contributed by atoms with van der Waals surface area (Å²) in [5.41, 5.74) is 0.748. The van der Waals surface area contributed by atoms with Crippen LogP contribution in [0.15, 0.2) is 18.2 Å². The summed E-state index contributed by atoms with van der Waals surface area (Å²) in [5, 5.41) is 12.4. The Hall–Kier alpha value is -1.62. The van der Waals surface area contributed by atoms with Crippen LogP contribution in [-0.2, 0) is 0 Å². The summed E-state index contributed by atoms with van der Waals surface area (Å²) < 4.78 is 13.0. The number of aromatic nitrogens is 2. The lowest BCUT2D eigenvalue weighted by atomic mass is 10.2. The maximum Gasteiger partial charge on any atom is 0.158 e. The van der Waals surface area contributed by atoms with Crippen molar-refractivity contribution in [1.29, 1.82) is 0 Å². The van der Waals surface area contributed by atoms with E-state index in [-0.39, 0.29) is 5.82 Å². The van der Waals surface area contributed by atoms with Crippen LogP contribution in [0.3, 0.4) is 0 Å². The third-order valence-electron chi connectivity index (χ3n) is 2.86. The van der Waals surface area contributed by atoms with E-state index in [0.29, 0.717) is 0 Å². The zero-order valence-electron chi connectivity index (χ0n) is 8.78. The monoisotopic (exact) mass is 219 g/mol. The molecule has 1 N–H and O–H groups in total. The van der Waals surface area contributed by atoms with Gasteiger partial charge in [-0.2, -0.15) is 5.10 Å². The van der Waals surface area contributed by atoms with E-state index in [4.69, 9.17) is 0 Å². The minimum Gasteiger partial charge on any atom is -0.352 e. The number of nitrogens with one attached hydrogen (secondary N) is 1. The highest BCUT2D eigenvalue weighted by molar-refractivity contribution is 5.90. The molecule has 0 aliphatic carbocycles. The predicted octanol–water partition coefficient (Wildman–Crippen LogP) is 1.13. The number of hydrogen-bond donors (Lipinski definition) is 1. The maximum absolute atomic E-state index is 13.0. The highest BCUT2D eigenvalue weighted by Crippen LogP contribution is 2.24. The number of hydrogen-bond acceptors (Lipinski definition) is 2. The molecule has 16 heavy (non-hydrogen) atoms. The lowest BCUT2D eigenvalue weighted by Crippen LogP contribution is -2.40. The fourth-order valence-corrected chi connectivity index (χ4v) is 2.04. The Morgan fingerprint density at radius 2 is 2.06 bits per heavy atom. The number of aromatic amines is 1. The average Bonchev–Trinajstić information content (AvgIpc) is 2.73. The highest BCUT2D eigenvalue weighted by atomic mass is 19.1. The first kappa shape index (κ1) is 9.59. The molecule has 0 spiro atoms. The Kier molecular flexibility index (Phi) is 2.25. The number of halogens is 1. The fraction of sp³-hybridized carbons (Fsp3) is 0.364. The average molecular weight is 219 g/mol. The molecular formula is C11H12FN4. The van der Waals surface area contributed by atoms with E-state index in [1.807, 2.05) is 0 Å². The van der Waals surface area contributed by atoms with Gasteiger partial charge in [0.15, 0.2) is 5.82 Å². The number of fused-ring (bicyclic) bond motifs is 1. The van der Waals surface area contributed by atoms with Crippen LogP contribution in [0.1, 0.15) is 0 Å². The lowest BCUT2D eigenvalue weighted by Gasteiger charge is -2.26. The van der Waals surface area contributed by atoms with Crippen molar-refractivity contribution < 1.29 is 4.39 Å². The standard InChI is InChI=1S/C11H12FN4/c12-8-1-2-9-10(7-8)14-15-11(9)16-5-3-13-4-6-16/h1-2,7H,3-6H2,(H,14,15). The van der Waals surface area contributed by atoms with Gasteiger partial charge in [0.05, 0.1) is 5.52 Å². The van der Waals surface area contributed by atoms with Gasteiger partial charge in [-0.05, 0) is 18.2 Å². The minimum atomic E-state index is -0.239. The predicted molar refractivity (Wildman–Crippen MR) is 60.1 cm³/mol. The summed E-state index contributed by atoms with van der Waals surface area (Å²) in [5.74, 6) is 0.668. The lowest BCUT2D eigenvalue weighted by molar-refractivity contribution is 0.575. The molecule has 0 bridgehead atoms. The van der Waals surface area contributed by atoms with Crippen LogP contribution in [0.5, 0.6) is 0 Å². The van der Waals surface area contributed by atoms with Gasteiger partial charge in [-0.25, -0.2) is 9.71 Å². The molecule has 5 heteroatoms. The van der Waals surface area contributed by atoms with Crippen LogP contribution in [0.25, 0.3) is 10.9 Å². The van der Waals surface area contributed by atoms with E-state index in [1.54, 1.807) is 6.07 Å². The minimum absolute atomic E-state index is 0.239. The largest absolute Gasteiger partial charge is 0.352 e. The summed E-state index contributed by atoms with van der Waals surface area (Å²) in [7, 11) is 0. The van der Waals surface area contributed by atoms with Gasteiger partial charge in [0, 0.05) is 31.6 Å². The molecule has 1 saturated heterocycles. The van der Waals surface area contributed by atoms with E-state index < -0.39 is 0 Å². The zero-order chi connectivity index (χ0) is 11.0. The molecule has 1 aromatic heterocycles. The Bertz CT molecular complexity index is 502.